The van der Waals surface area contributed by atoms with Crippen LogP contribution in [-0.4, -0.2) is 23.7 Å². The van der Waals surface area contributed by atoms with Crippen LogP contribution in [0.5, 0.6) is 0 Å². The summed E-state index contributed by atoms with van der Waals surface area (Å²) >= 11 is 0. The average Bonchev–Trinajstić information content (AvgIpc) is 4.14. The first-order valence-electron chi connectivity index (χ1n) is 25.2. The molecule has 5 nitrogen and oxygen atoms in total. The van der Waals surface area contributed by atoms with Crippen molar-refractivity contribution in [3.05, 3.63) is 285 Å². The molecule has 0 aliphatic rings. The molecule has 0 bridgehead atoms. The predicted molar refractivity (Wildman–Crippen MR) is 310 cm³/mol. The summed E-state index contributed by atoms with van der Waals surface area (Å²) in [5.74, 6) is 2.23. The number of nitrogens with zero attached hydrogens (tertiary/aromatic N) is 5. The second-order valence-corrected chi connectivity index (χ2v) is 18.7. The zero-order valence-electron chi connectivity index (χ0n) is 41.6. The first-order valence-corrected chi connectivity index (χ1v) is 25.2. The summed E-state index contributed by atoms with van der Waals surface area (Å²) in [7, 11) is 0. The van der Waals surface area contributed by atoms with E-state index in [4.69, 9.17) is 9.97 Å². The van der Waals surface area contributed by atoms with Crippen LogP contribution >= 0.6 is 0 Å². The fourth-order valence-electron chi connectivity index (χ4n) is 10.9. The fraction of sp³-hybridized carbons (Fsp3) is 0. The van der Waals surface area contributed by atoms with Crippen molar-refractivity contribution >= 4 is 65.4 Å². The van der Waals surface area contributed by atoms with E-state index in [9.17, 15) is 0 Å². The monoisotopic (exact) mass is 977 g/mol. The molecular weight excluding hydrogens is 934 g/mol. The van der Waals surface area contributed by atoms with Gasteiger partial charge >= 0.3 is 29.6 Å². The van der Waals surface area contributed by atoms with Crippen molar-refractivity contribution in [2.75, 3.05) is 0 Å². The van der Waals surface area contributed by atoms with Crippen LogP contribution in [0.15, 0.2) is 267 Å². The molecule has 15 rings (SSSR count). The van der Waals surface area contributed by atoms with Gasteiger partial charge in [-0.25, -0.2) is 21.1 Å². The van der Waals surface area contributed by atoms with Crippen molar-refractivity contribution in [1.82, 2.24) is 23.7 Å². The Labute approximate surface area is 462 Å². The van der Waals surface area contributed by atoms with Gasteiger partial charge in [0.15, 0.2) is 5.82 Å². The third-order valence-electron chi connectivity index (χ3n) is 14.3. The van der Waals surface area contributed by atoms with Crippen LogP contribution in [0.3, 0.4) is 0 Å². The third-order valence-corrected chi connectivity index (χ3v) is 14.3. The maximum atomic E-state index is 5.43. The summed E-state index contributed by atoms with van der Waals surface area (Å²) in [5, 5.41) is 7.04. The number of fused-ring (bicyclic) bond motifs is 9. The largest absolute Gasteiger partial charge is 1.00 e. The van der Waals surface area contributed by atoms with Gasteiger partial charge in [0.25, 0.3) is 0 Å². The Hall–Kier alpha value is -9.10. The van der Waals surface area contributed by atoms with E-state index in [0.29, 0.717) is 5.82 Å². The Morgan fingerprint density at radius 1 is 0.289 bits per heavy atom. The molecular formula is C70H44N5Na-2. The van der Waals surface area contributed by atoms with Gasteiger partial charge in [0.1, 0.15) is 11.6 Å². The minimum atomic E-state index is 0. The van der Waals surface area contributed by atoms with Gasteiger partial charge in [-0.05, 0) is 76.2 Å². The number of hydrogen-bond acceptors (Lipinski definition) is 2. The standard InChI is InChI=1S/C58H36N5.C12H8.Na/c1-4-16-38(17-5-1)41-28-31-53-47(34-41)46-24-12-15-27-52(46)62(53)56-37-57(60-58(59-56)40-20-8-3-9-21-40)63-54-32-29-42(39-18-6-2-7-19-39)35-48(54)49-36-43(30-33-55(49)63)61-50-25-13-10-22-44(50)45-23-11-14-26-51(45)61;1-3-7-11(8-4-1)12-9-5-2-6-10-12;/h1-11,13-37H;1-7,9H;/q-1;-2;+1. The second kappa shape index (κ2) is 20.0. The Balaban J connectivity index is 0.000000375. The Bertz CT molecular complexity index is 4470. The third kappa shape index (κ3) is 8.28. The van der Waals surface area contributed by atoms with E-state index in [1.807, 2.05) is 72.8 Å². The Kier molecular flexibility index (Phi) is 12.3. The summed E-state index contributed by atoms with van der Waals surface area (Å²) in [4.78, 5) is 10.8. The van der Waals surface area contributed by atoms with Gasteiger partial charge in [-0.3, -0.25) is 4.57 Å². The second-order valence-electron chi connectivity index (χ2n) is 18.7. The van der Waals surface area contributed by atoms with Crippen molar-refractivity contribution in [3.63, 3.8) is 0 Å². The summed E-state index contributed by atoms with van der Waals surface area (Å²) < 4.78 is 7.00. The zero-order valence-corrected chi connectivity index (χ0v) is 43.6. The van der Waals surface area contributed by atoms with Gasteiger partial charge in [-0.15, -0.1) is 23.6 Å². The maximum Gasteiger partial charge on any atom is 1.00 e. The molecule has 11 aromatic carbocycles. The molecule has 0 amide bonds. The topological polar surface area (TPSA) is 40.6 Å². The Morgan fingerprint density at radius 2 is 0.724 bits per heavy atom. The molecule has 0 spiro atoms. The van der Waals surface area contributed by atoms with E-state index in [1.165, 1.54) is 38.5 Å². The molecule has 0 radical (unpaired) electrons. The van der Waals surface area contributed by atoms with Crippen LogP contribution in [0.2, 0.25) is 0 Å². The molecule has 0 saturated carbocycles. The van der Waals surface area contributed by atoms with Crippen LogP contribution in [-0.2, 0) is 0 Å². The number of aromatic nitrogens is 5. The molecule has 352 valence electrons. The number of rotatable bonds is 7. The normalized spacial score (nSPS) is 11.3. The molecule has 6 heteroatoms. The molecule has 0 unspecified atom stereocenters. The first kappa shape index (κ1) is 46.7. The molecule has 0 saturated heterocycles. The van der Waals surface area contributed by atoms with E-state index >= 15 is 0 Å². The molecule has 4 heterocycles. The van der Waals surface area contributed by atoms with Crippen molar-refractivity contribution < 1.29 is 29.6 Å². The summed E-state index contributed by atoms with van der Waals surface area (Å²) in [6, 6.07) is 103. The maximum absolute atomic E-state index is 5.43. The quantitative estimate of drug-likeness (QED) is 0.118. The number of hydrogen-bond donors (Lipinski definition) is 0. The molecule has 15 aromatic rings. The molecule has 4 aromatic heterocycles. The van der Waals surface area contributed by atoms with Crippen LogP contribution < -0.4 is 29.6 Å². The fourth-order valence-corrected chi connectivity index (χ4v) is 10.9. The predicted octanol–water partition coefficient (Wildman–Crippen LogP) is 14.5. The van der Waals surface area contributed by atoms with E-state index < -0.39 is 0 Å². The van der Waals surface area contributed by atoms with Gasteiger partial charge in [-0.1, -0.05) is 151 Å². The number of para-hydroxylation sites is 2. The van der Waals surface area contributed by atoms with Crippen LogP contribution in [0.1, 0.15) is 0 Å². The van der Waals surface area contributed by atoms with Gasteiger partial charge in [0, 0.05) is 44.4 Å². The van der Waals surface area contributed by atoms with Crippen LogP contribution in [0.25, 0.3) is 128 Å². The van der Waals surface area contributed by atoms with E-state index in [0.717, 1.165) is 83.2 Å². The SMILES string of the molecule is [Na+].[c-]1ccc2c(c1)c1cc(-c3ccccc3)ccc1n2-c1cc(-n2c3ccc(-c4ccccc4)cc3c3cc(-n4c5ccccc5c5ccccc54)ccc32)nc(-c2ccccc2)n1.[c-]1ccccc1-c1[c-]cccc1. The molecule has 0 aliphatic carbocycles. The zero-order chi connectivity index (χ0) is 49.7. The first-order chi connectivity index (χ1) is 37.2. The minimum Gasteiger partial charge on any atom is -0.319 e. The molecule has 0 fully saturated rings. The van der Waals surface area contributed by atoms with E-state index in [2.05, 4.69) is 226 Å². The van der Waals surface area contributed by atoms with Crippen molar-refractivity contribution in [1.29, 1.82) is 0 Å². The molecule has 0 aliphatic heterocycles. The Morgan fingerprint density at radius 3 is 1.25 bits per heavy atom. The van der Waals surface area contributed by atoms with Crippen molar-refractivity contribution in [3.8, 4) is 62.1 Å². The van der Waals surface area contributed by atoms with Crippen LogP contribution in [0.4, 0.5) is 0 Å². The van der Waals surface area contributed by atoms with Gasteiger partial charge in [0.2, 0.25) is 0 Å². The van der Waals surface area contributed by atoms with E-state index in [1.54, 1.807) is 0 Å². The summed E-state index contributed by atoms with van der Waals surface area (Å²) in [5.41, 5.74) is 15.5. The van der Waals surface area contributed by atoms with Crippen molar-refractivity contribution in [2.45, 2.75) is 0 Å². The van der Waals surface area contributed by atoms with Gasteiger partial charge in [0.05, 0.1) is 22.1 Å². The van der Waals surface area contributed by atoms with Crippen molar-refractivity contribution in [2.24, 2.45) is 0 Å². The van der Waals surface area contributed by atoms with Gasteiger partial charge < -0.3 is 9.13 Å². The molecule has 0 N–H and O–H groups in total. The van der Waals surface area contributed by atoms with Gasteiger partial charge in [-0.2, -0.15) is 66.7 Å². The molecule has 76 heavy (non-hydrogen) atoms. The number of benzene rings is 11. The summed E-state index contributed by atoms with van der Waals surface area (Å²) in [6.45, 7) is 0. The minimum absolute atomic E-state index is 0. The van der Waals surface area contributed by atoms with E-state index in [-0.39, 0.29) is 29.6 Å². The average molecular weight is 978 g/mol. The summed E-state index contributed by atoms with van der Waals surface area (Å²) in [6.07, 6.45) is 0. The molecule has 0 atom stereocenters. The van der Waals surface area contributed by atoms with Crippen LogP contribution in [0, 0.1) is 18.2 Å². The smallest absolute Gasteiger partial charge is 0.319 e.